The second-order valence-electron chi connectivity index (χ2n) is 4.79. The summed E-state index contributed by atoms with van der Waals surface area (Å²) in [6.45, 7) is 2.24. The Morgan fingerprint density at radius 2 is 2.17 bits per heavy atom. The Labute approximate surface area is 107 Å². The highest BCUT2D eigenvalue weighted by Crippen LogP contribution is 2.26. The third-order valence-electron chi connectivity index (χ3n) is 3.47. The van der Waals surface area contributed by atoms with Crippen LogP contribution >= 0.6 is 0 Å². The van der Waals surface area contributed by atoms with Gasteiger partial charge in [-0.25, -0.2) is 9.78 Å². The maximum atomic E-state index is 11.4. The van der Waals surface area contributed by atoms with Crippen LogP contribution in [0.15, 0.2) is 12.4 Å². The zero-order valence-corrected chi connectivity index (χ0v) is 10.8. The number of carbonyl (C=O) groups is 1. The molecule has 2 unspecified atom stereocenters. The summed E-state index contributed by atoms with van der Waals surface area (Å²) in [5.74, 6) is 0.821. The standard InChI is InChI=1S/C13H19N3O2/c1-9-5-3-4-6-10(9)15-12-8-14-7-11(16-12)13(17)18-2/h7-10H,3-6H2,1-2H3,(H,15,16). The fraction of sp³-hybridized carbons (Fsp3) is 0.615. The maximum absolute atomic E-state index is 11.4. The molecule has 5 nitrogen and oxygen atoms in total. The highest BCUT2D eigenvalue weighted by atomic mass is 16.5. The van der Waals surface area contributed by atoms with Crippen LogP contribution in [0.25, 0.3) is 0 Å². The minimum absolute atomic E-state index is 0.242. The van der Waals surface area contributed by atoms with Gasteiger partial charge in [-0.3, -0.25) is 4.98 Å². The van der Waals surface area contributed by atoms with E-state index in [1.165, 1.54) is 32.6 Å². The van der Waals surface area contributed by atoms with Gasteiger partial charge in [0.05, 0.1) is 19.5 Å². The van der Waals surface area contributed by atoms with Crippen LogP contribution in [0.2, 0.25) is 0 Å². The van der Waals surface area contributed by atoms with E-state index >= 15 is 0 Å². The molecule has 98 valence electrons. The molecule has 1 aromatic heterocycles. The average molecular weight is 249 g/mol. The van der Waals surface area contributed by atoms with Crippen LogP contribution in [0, 0.1) is 5.92 Å². The van der Waals surface area contributed by atoms with Gasteiger partial charge < -0.3 is 10.1 Å². The number of hydrogen-bond acceptors (Lipinski definition) is 5. The molecule has 18 heavy (non-hydrogen) atoms. The molecule has 0 aliphatic heterocycles. The zero-order valence-electron chi connectivity index (χ0n) is 10.8. The van der Waals surface area contributed by atoms with Crippen molar-refractivity contribution in [1.82, 2.24) is 9.97 Å². The number of ether oxygens (including phenoxy) is 1. The molecule has 0 bridgehead atoms. The van der Waals surface area contributed by atoms with Gasteiger partial charge in [0.1, 0.15) is 5.82 Å². The van der Waals surface area contributed by atoms with Crippen molar-refractivity contribution in [1.29, 1.82) is 0 Å². The van der Waals surface area contributed by atoms with E-state index in [9.17, 15) is 4.79 Å². The zero-order chi connectivity index (χ0) is 13.0. The van der Waals surface area contributed by atoms with Crippen LogP contribution < -0.4 is 5.32 Å². The van der Waals surface area contributed by atoms with Crippen LogP contribution in [0.1, 0.15) is 43.1 Å². The monoisotopic (exact) mass is 249 g/mol. The van der Waals surface area contributed by atoms with Crippen molar-refractivity contribution in [2.75, 3.05) is 12.4 Å². The summed E-state index contributed by atoms with van der Waals surface area (Å²) in [6, 6.07) is 0.418. The number of aromatic nitrogens is 2. The number of rotatable bonds is 3. The molecule has 1 aliphatic carbocycles. The Kier molecular flexibility index (Phi) is 4.12. The van der Waals surface area contributed by atoms with Gasteiger partial charge in [0.25, 0.3) is 0 Å². The van der Waals surface area contributed by atoms with Gasteiger partial charge in [0, 0.05) is 6.04 Å². The lowest BCUT2D eigenvalue weighted by Gasteiger charge is -2.29. The molecule has 5 heteroatoms. The molecule has 0 radical (unpaired) electrons. The fourth-order valence-electron chi connectivity index (χ4n) is 2.36. The molecule has 1 aliphatic rings. The quantitative estimate of drug-likeness (QED) is 0.832. The van der Waals surface area contributed by atoms with Crippen molar-refractivity contribution in [3.05, 3.63) is 18.1 Å². The molecule has 1 saturated carbocycles. The summed E-state index contributed by atoms with van der Waals surface area (Å²) in [5, 5.41) is 3.37. The first-order valence-electron chi connectivity index (χ1n) is 6.37. The van der Waals surface area contributed by atoms with Crippen LogP contribution in [-0.4, -0.2) is 29.1 Å². The first kappa shape index (κ1) is 12.8. The Bertz CT molecular complexity index is 422. The van der Waals surface area contributed by atoms with Gasteiger partial charge in [-0.05, 0) is 18.8 Å². The number of nitrogens with zero attached hydrogens (tertiary/aromatic N) is 2. The lowest BCUT2D eigenvalue weighted by Crippen LogP contribution is -2.30. The summed E-state index contributed by atoms with van der Waals surface area (Å²) < 4.78 is 4.63. The van der Waals surface area contributed by atoms with Gasteiger partial charge in [0.15, 0.2) is 5.69 Å². The Balaban J connectivity index is 2.06. The van der Waals surface area contributed by atoms with Crippen molar-refractivity contribution in [3.8, 4) is 0 Å². The topological polar surface area (TPSA) is 64.1 Å². The van der Waals surface area contributed by atoms with Crippen LogP contribution in [-0.2, 0) is 4.74 Å². The third-order valence-corrected chi connectivity index (χ3v) is 3.47. The van der Waals surface area contributed by atoms with Gasteiger partial charge in [0.2, 0.25) is 0 Å². The Hall–Kier alpha value is -1.65. The highest BCUT2D eigenvalue weighted by molar-refractivity contribution is 5.87. The largest absolute Gasteiger partial charge is 0.464 e. The molecule has 0 saturated heterocycles. The molecule has 0 aromatic carbocycles. The first-order valence-corrected chi connectivity index (χ1v) is 6.37. The van der Waals surface area contributed by atoms with Crippen molar-refractivity contribution in [3.63, 3.8) is 0 Å². The molecule has 0 spiro atoms. The van der Waals surface area contributed by atoms with E-state index in [0.29, 0.717) is 17.8 Å². The van der Waals surface area contributed by atoms with Gasteiger partial charge in [-0.1, -0.05) is 19.8 Å². The number of carbonyl (C=O) groups excluding carboxylic acids is 1. The third kappa shape index (κ3) is 2.97. The minimum Gasteiger partial charge on any atom is -0.464 e. The normalized spacial score (nSPS) is 23.4. The summed E-state index contributed by atoms with van der Waals surface area (Å²) in [6.07, 6.45) is 7.99. The molecule has 1 N–H and O–H groups in total. The molecule has 1 fully saturated rings. The summed E-state index contributed by atoms with van der Waals surface area (Å²) in [5.41, 5.74) is 0.242. The maximum Gasteiger partial charge on any atom is 0.358 e. The average Bonchev–Trinajstić information content (AvgIpc) is 2.41. The second-order valence-corrected chi connectivity index (χ2v) is 4.79. The summed E-state index contributed by atoms with van der Waals surface area (Å²) in [4.78, 5) is 19.6. The Morgan fingerprint density at radius 3 is 2.89 bits per heavy atom. The minimum atomic E-state index is -0.456. The number of methoxy groups -OCH3 is 1. The molecule has 2 rings (SSSR count). The lowest BCUT2D eigenvalue weighted by atomic mass is 9.86. The molecular formula is C13H19N3O2. The molecule has 1 heterocycles. The number of hydrogen-bond donors (Lipinski definition) is 1. The number of esters is 1. The number of anilines is 1. The van der Waals surface area contributed by atoms with Crippen LogP contribution in [0.3, 0.4) is 0 Å². The van der Waals surface area contributed by atoms with Crippen molar-refractivity contribution in [2.45, 2.75) is 38.6 Å². The second kappa shape index (κ2) is 5.80. The molecule has 1 aromatic rings. The van der Waals surface area contributed by atoms with E-state index in [-0.39, 0.29) is 5.69 Å². The van der Waals surface area contributed by atoms with Crippen molar-refractivity contribution < 1.29 is 9.53 Å². The van der Waals surface area contributed by atoms with E-state index in [0.717, 1.165) is 6.42 Å². The highest BCUT2D eigenvalue weighted by Gasteiger charge is 2.21. The van der Waals surface area contributed by atoms with Gasteiger partial charge in [-0.15, -0.1) is 0 Å². The van der Waals surface area contributed by atoms with Gasteiger partial charge in [-0.2, -0.15) is 0 Å². The Morgan fingerprint density at radius 1 is 1.39 bits per heavy atom. The fourth-order valence-corrected chi connectivity index (χ4v) is 2.36. The van der Waals surface area contributed by atoms with Crippen molar-refractivity contribution >= 4 is 11.8 Å². The van der Waals surface area contributed by atoms with E-state index in [1.807, 2.05) is 0 Å². The van der Waals surface area contributed by atoms with E-state index in [4.69, 9.17) is 0 Å². The molecule has 2 atom stereocenters. The van der Waals surface area contributed by atoms with Crippen LogP contribution in [0.5, 0.6) is 0 Å². The van der Waals surface area contributed by atoms with E-state index in [1.54, 1.807) is 6.20 Å². The predicted molar refractivity (Wildman–Crippen MR) is 68.4 cm³/mol. The predicted octanol–water partition coefficient (Wildman–Crippen LogP) is 2.25. The lowest BCUT2D eigenvalue weighted by molar-refractivity contribution is 0.0593. The van der Waals surface area contributed by atoms with E-state index < -0.39 is 5.97 Å². The van der Waals surface area contributed by atoms with E-state index in [2.05, 4.69) is 26.9 Å². The van der Waals surface area contributed by atoms with Crippen molar-refractivity contribution in [2.24, 2.45) is 5.92 Å². The summed E-state index contributed by atoms with van der Waals surface area (Å²) in [7, 11) is 1.34. The molecule has 0 amide bonds. The SMILES string of the molecule is COC(=O)c1cncc(NC2CCCCC2C)n1. The van der Waals surface area contributed by atoms with Gasteiger partial charge >= 0.3 is 5.97 Å². The molecular weight excluding hydrogens is 230 g/mol. The summed E-state index contributed by atoms with van der Waals surface area (Å²) >= 11 is 0. The smallest absolute Gasteiger partial charge is 0.358 e. The van der Waals surface area contributed by atoms with Crippen LogP contribution in [0.4, 0.5) is 5.82 Å². The number of nitrogens with one attached hydrogen (secondary N) is 1. The first-order chi connectivity index (χ1) is 8.70.